The van der Waals surface area contributed by atoms with E-state index in [1.807, 2.05) is 12.1 Å². The van der Waals surface area contributed by atoms with Crippen molar-refractivity contribution in [2.75, 3.05) is 0 Å². The normalized spacial score (nSPS) is 14.9. The third kappa shape index (κ3) is 1.30. The van der Waals surface area contributed by atoms with Crippen molar-refractivity contribution >= 4 is 17.7 Å². The van der Waals surface area contributed by atoms with Gasteiger partial charge in [-0.05, 0) is 17.2 Å². The van der Waals surface area contributed by atoms with E-state index < -0.39 is 0 Å². The van der Waals surface area contributed by atoms with Crippen LogP contribution in [0.2, 0.25) is 0 Å². The summed E-state index contributed by atoms with van der Waals surface area (Å²) in [4.78, 5) is 11.4. The first kappa shape index (κ1) is 8.53. The van der Waals surface area contributed by atoms with Crippen LogP contribution in [0.5, 0.6) is 0 Å². The van der Waals surface area contributed by atoms with Gasteiger partial charge in [0, 0.05) is 23.9 Å². The number of rotatable bonds is 1. The predicted molar refractivity (Wildman–Crippen MR) is 50.1 cm³/mol. The Morgan fingerprint density at radius 2 is 2.31 bits per heavy atom. The standard InChI is InChI=1S/C9H9ClN2O/c10-12-5-7-3-6(4-11)1-2-8(7)9(12)13/h1-3H,4-5,11H2. The average Bonchev–Trinajstić information content (AvgIpc) is 2.42. The molecule has 3 nitrogen and oxygen atoms in total. The number of hydrogen-bond donors (Lipinski definition) is 1. The molecule has 0 atom stereocenters. The lowest BCUT2D eigenvalue weighted by Crippen LogP contribution is -2.10. The molecule has 4 heteroatoms. The van der Waals surface area contributed by atoms with E-state index in [0.717, 1.165) is 11.1 Å². The molecule has 0 saturated heterocycles. The van der Waals surface area contributed by atoms with Crippen LogP contribution in [0.4, 0.5) is 0 Å². The number of amides is 1. The van der Waals surface area contributed by atoms with Crippen LogP contribution in [0.1, 0.15) is 21.5 Å². The summed E-state index contributed by atoms with van der Waals surface area (Å²) in [6.45, 7) is 0.966. The third-order valence-electron chi connectivity index (χ3n) is 2.17. The van der Waals surface area contributed by atoms with Crippen molar-refractivity contribution in [2.24, 2.45) is 5.73 Å². The highest BCUT2D eigenvalue weighted by Gasteiger charge is 2.25. The summed E-state index contributed by atoms with van der Waals surface area (Å²) in [5, 5.41) is 0. The van der Waals surface area contributed by atoms with E-state index >= 15 is 0 Å². The molecule has 0 aliphatic carbocycles. The van der Waals surface area contributed by atoms with Gasteiger partial charge in [-0.15, -0.1) is 0 Å². The van der Waals surface area contributed by atoms with Gasteiger partial charge in [-0.2, -0.15) is 0 Å². The molecule has 1 aromatic rings. The number of nitrogens with zero attached hydrogens (tertiary/aromatic N) is 1. The minimum absolute atomic E-state index is 0.125. The van der Waals surface area contributed by atoms with Crippen LogP contribution in [0.15, 0.2) is 18.2 Å². The topological polar surface area (TPSA) is 46.3 Å². The van der Waals surface area contributed by atoms with Gasteiger partial charge in [0.2, 0.25) is 0 Å². The van der Waals surface area contributed by atoms with Crippen molar-refractivity contribution in [3.05, 3.63) is 34.9 Å². The number of fused-ring (bicyclic) bond motifs is 1. The molecule has 0 unspecified atom stereocenters. The molecule has 2 rings (SSSR count). The van der Waals surface area contributed by atoms with Gasteiger partial charge in [0.25, 0.3) is 5.91 Å². The molecule has 0 radical (unpaired) electrons. The zero-order valence-electron chi connectivity index (χ0n) is 6.96. The lowest BCUT2D eigenvalue weighted by atomic mass is 10.1. The maximum absolute atomic E-state index is 11.4. The Balaban J connectivity index is 2.46. The van der Waals surface area contributed by atoms with Gasteiger partial charge in [-0.1, -0.05) is 12.1 Å². The Kier molecular flexibility index (Phi) is 1.98. The van der Waals surface area contributed by atoms with E-state index in [4.69, 9.17) is 17.5 Å². The molecule has 13 heavy (non-hydrogen) atoms. The first-order valence-corrected chi connectivity index (χ1v) is 4.35. The van der Waals surface area contributed by atoms with Gasteiger partial charge in [0.05, 0.1) is 6.54 Å². The van der Waals surface area contributed by atoms with E-state index in [1.165, 1.54) is 4.42 Å². The molecule has 0 bridgehead atoms. The highest BCUT2D eigenvalue weighted by atomic mass is 35.5. The zero-order chi connectivity index (χ0) is 9.42. The number of carbonyl (C=O) groups is 1. The molecule has 0 fully saturated rings. The predicted octanol–water partition coefficient (Wildman–Crippen LogP) is 1.25. The van der Waals surface area contributed by atoms with Gasteiger partial charge >= 0.3 is 0 Å². The summed E-state index contributed by atoms with van der Waals surface area (Å²) in [5.41, 5.74) is 8.16. The quantitative estimate of drug-likeness (QED) is 0.688. The Morgan fingerprint density at radius 3 is 3.00 bits per heavy atom. The van der Waals surface area contributed by atoms with E-state index in [-0.39, 0.29) is 5.91 Å². The highest BCUT2D eigenvalue weighted by Crippen LogP contribution is 2.24. The average molecular weight is 197 g/mol. The van der Waals surface area contributed by atoms with E-state index in [2.05, 4.69) is 0 Å². The molecule has 2 N–H and O–H groups in total. The summed E-state index contributed by atoms with van der Waals surface area (Å²) < 4.78 is 1.19. The fraction of sp³-hybridized carbons (Fsp3) is 0.222. The molecule has 0 spiro atoms. The lowest BCUT2D eigenvalue weighted by Gasteiger charge is -1.99. The van der Waals surface area contributed by atoms with Crippen LogP contribution < -0.4 is 5.73 Å². The zero-order valence-corrected chi connectivity index (χ0v) is 7.71. The van der Waals surface area contributed by atoms with Crippen molar-refractivity contribution in [3.8, 4) is 0 Å². The number of benzene rings is 1. The van der Waals surface area contributed by atoms with Crippen molar-refractivity contribution in [1.29, 1.82) is 0 Å². The van der Waals surface area contributed by atoms with Crippen molar-refractivity contribution in [1.82, 2.24) is 4.42 Å². The Labute approximate surface area is 81.2 Å². The number of hydrogen-bond acceptors (Lipinski definition) is 2. The summed E-state index contributed by atoms with van der Waals surface area (Å²) >= 11 is 5.68. The molecule has 1 amide bonds. The molecule has 1 heterocycles. The molecule has 68 valence electrons. The molecule has 0 saturated carbocycles. The van der Waals surface area contributed by atoms with Crippen molar-refractivity contribution in [2.45, 2.75) is 13.1 Å². The van der Waals surface area contributed by atoms with E-state index in [1.54, 1.807) is 6.07 Å². The molecule has 0 aromatic heterocycles. The maximum Gasteiger partial charge on any atom is 0.268 e. The van der Waals surface area contributed by atoms with Crippen molar-refractivity contribution in [3.63, 3.8) is 0 Å². The summed E-state index contributed by atoms with van der Waals surface area (Å²) in [5.74, 6) is -0.125. The summed E-state index contributed by atoms with van der Waals surface area (Å²) in [7, 11) is 0. The second-order valence-electron chi connectivity index (χ2n) is 3.02. The smallest absolute Gasteiger partial charge is 0.268 e. The van der Waals surface area contributed by atoms with Crippen LogP contribution in [0.25, 0.3) is 0 Å². The second-order valence-corrected chi connectivity index (χ2v) is 3.43. The van der Waals surface area contributed by atoms with Crippen LogP contribution >= 0.6 is 11.8 Å². The third-order valence-corrected chi connectivity index (χ3v) is 2.44. The SMILES string of the molecule is NCc1ccc2c(c1)CN(Cl)C2=O. The monoisotopic (exact) mass is 196 g/mol. The molecule has 1 aliphatic heterocycles. The minimum atomic E-state index is -0.125. The van der Waals surface area contributed by atoms with Crippen LogP contribution in [0.3, 0.4) is 0 Å². The molecular formula is C9H9ClN2O. The molecule has 1 aliphatic rings. The molecular weight excluding hydrogens is 188 g/mol. The van der Waals surface area contributed by atoms with E-state index in [9.17, 15) is 4.79 Å². The fourth-order valence-electron chi connectivity index (χ4n) is 1.47. The Hall–Kier alpha value is -1.06. The van der Waals surface area contributed by atoms with E-state index in [0.29, 0.717) is 18.7 Å². The Morgan fingerprint density at radius 1 is 1.54 bits per heavy atom. The van der Waals surface area contributed by atoms with Gasteiger partial charge in [0.15, 0.2) is 0 Å². The second kappa shape index (κ2) is 3.01. The lowest BCUT2D eigenvalue weighted by molar-refractivity contribution is 0.0881. The fourth-order valence-corrected chi connectivity index (χ4v) is 1.69. The van der Waals surface area contributed by atoms with Gasteiger partial charge in [0.1, 0.15) is 0 Å². The largest absolute Gasteiger partial charge is 0.326 e. The first-order valence-electron chi connectivity index (χ1n) is 4.02. The van der Waals surface area contributed by atoms with Gasteiger partial charge in [-0.25, -0.2) is 4.42 Å². The number of nitrogens with two attached hydrogens (primary N) is 1. The number of halogens is 1. The van der Waals surface area contributed by atoms with Gasteiger partial charge < -0.3 is 5.73 Å². The van der Waals surface area contributed by atoms with Gasteiger partial charge in [-0.3, -0.25) is 4.79 Å². The first-order chi connectivity index (χ1) is 6.22. The van der Waals surface area contributed by atoms with Crippen LogP contribution in [-0.2, 0) is 13.1 Å². The van der Waals surface area contributed by atoms with Crippen molar-refractivity contribution < 1.29 is 4.79 Å². The highest BCUT2D eigenvalue weighted by molar-refractivity contribution is 6.25. The number of carbonyl (C=O) groups excluding carboxylic acids is 1. The van der Waals surface area contributed by atoms with Crippen LogP contribution in [-0.4, -0.2) is 10.3 Å². The molecule has 1 aromatic carbocycles. The summed E-state index contributed by atoms with van der Waals surface area (Å²) in [6, 6.07) is 5.56. The maximum atomic E-state index is 11.4. The Bertz CT molecular complexity index is 365. The van der Waals surface area contributed by atoms with Crippen LogP contribution in [0, 0.1) is 0 Å². The summed E-state index contributed by atoms with van der Waals surface area (Å²) in [6.07, 6.45) is 0. The minimum Gasteiger partial charge on any atom is -0.326 e.